The van der Waals surface area contributed by atoms with Gasteiger partial charge >= 0.3 is 6.03 Å². The van der Waals surface area contributed by atoms with E-state index in [1.807, 2.05) is 6.07 Å². The number of benzene rings is 1. The molecule has 0 bridgehead atoms. The SMILES string of the molecule is C[C@@]1(c2ccco2)NC(=O)N(Cc2ccccc2Cl)C1=O. The van der Waals surface area contributed by atoms with Crippen LogP contribution >= 0.6 is 11.6 Å². The smallest absolute Gasteiger partial charge is 0.325 e. The lowest BCUT2D eigenvalue weighted by atomic mass is 9.99. The Labute approximate surface area is 126 Å². The molecule has 3 rings (SSSR count). The largest absolute Gasteiger partial charge is 0.466 e. The Kier molecular flexibility index (Phi) is 3.22. The fraction of sp³-hybridized carbons (Fsp3) is 0.200. The van der Waals surface area contributed by atoms with Gasteiger partial charge in [0.25, 0.3) is 5.91 Å². The highest BCUT2D eigenvalue weighted by molar-refractivity contribution is 6.31. The highest BCUT2D eigenvalue weighted by Gasteiger charge is 2.50. The molecule has 2 heterocycles. The Balaban J connectivity index is 1.90. The molecule has 1 aliphatic rings. The Morgan fingerprint density at radius 3 is 2.67 bits per heavy atom. The molecule has 1 aromatic carbocycles. The third kappa shape index (κ3) is 2.19. The number of hydrogen-bond acceptors (Lipinski definition) is 3. The van der Waals surface area contributed by atoms with E-state index in [0.717, 1.165) is 4.90 Å². The maximum atomic E-state index is 12.6. The molecule has 5 nitrogen and oxygen atoms in total. The van der Waals surface area contributed by atoms with E-state index in [4.69, 9.17) is 16.0 Å². The van der Waals surface area contributed by atoms with Crippen molar-refractivity contribution in [1.29, 1.82) is 0 Å². The second kappa shape index (κ2) is 4.93. The van der Waals surface area contributed by atoms with Crippen LogP contribution < -0.4 is 5.32 Å². The minimum absolute atomic E-state index is 0.126. The average Bonchev–Trinajstić information content (AvgIpc) is 3.06. The van der Waals surface area contributed by atoms with Crippen molar-refractivity contribution in [2.75, 3.05) is 0 Å². The van der Waals surface area contributed by atoms with Gasteiger partial charge in [-0.2, -0.15) is 0 Å². The molecule has 1 aliphatic heterocycles. The molecule has 0 radical (unpaired) electrons. The number of rotatable bonds is 3. The molecule has 1 aromatic heterocycles. The Bertz CT molecular complexity index is 699. The summed E-state index contributed by atoms with van der Waals surface area (Å²) in [5.74, 6) is 0.0462. The number of nitrogens with one attached hydrogen (secondary N) is 1. The van der Waals surface area contributed by atoms with Crippen LogP contribution in [0.25, 0.3) is 0 Å². The number of carbonyl (C=O) groups is 2. The quantitative estimate of drug-likeness (QED) is 0.887. The molecule has 108 valence electrons. The topological polar surface area (TPSA) is 62.6 Å². The van der Waals surface area contributed by atoms with Crippen molar-refractivity contribution < 1.29 is 14.0 Å². The zero-order valence-electron chi connectivity index (χ0n) is 11.3. The van der Waals surface area contributed by atoms with Gasteiger partial charge in [-0.15, -0.1) is 0 Å². The number of furan rings is 1. The molecule has 0 aliphatic carbocycles. The van der Waals surface area contributed by atoms with Crippen LogP contribution in [0.2, 0.25) is 5.02 Å². The molecule has 2 aromatic rings. The van der Waals surface area contributed by atoms with E-state index in [9.17, 15) is 9.59 Å². The first kappa shape index (κ1) is 13.7. The minimum Gasteiger partial charge on any atom is -0.466 e. The van der Waals surface area contributed by atoms with E-state index >= 15 is 0 Å². The summed E-state index contributed by atoms with van der Waals surface area (Å²) in [6.07, 6.45) is 1.47. The van der Waals surface area contributed by atoms with Crippen molar-refractivity contribution >= 4 is 23.5 Å². The van der Waals surface area contributed by atoms with Gasteiger partial charge in [0.05, 0.1) is 12.8 Å². The second-order valence-corrected chi connectivity index (χ2v) is 5.42. The predicted octanol–water partition coefficient (Wildman–Crippen LogP) is 2.90. The van der Waals surface area contributed by atoms with Gasteiger partial charge < -0.3 is 9.73 Å². The molecule has 0 unspecified atom stereocenters. The molecular weight excluding hydrogens is 292 g/mol. The highest BCUT2D eigenvalue weighted by Crippen LogP contribution is 2.30. The number of imide groups is 1. The lowest BCUT2D eigenvalue weighted by Gasteiger charge is -2.19. The molecule has 1 fully saturated rings. The van der Waals surface area contributed by atoms with Gasteiger partial charge in [-0.05, 0) is 30.7 Å². The van der Waals surface area contributed by atoms with Gasteiger partial charge in [0.2, 0.25) is 0 Å². The number of carbonyl (C=O) groups excluding carboxylic acids is 2. The second-order valence-electron chi connectivity index (χ2n) is 5.02. The van der Waals surface area contributed by atoms with E-state index in [2.05, 4.69) is 5.32 Å². The Hall–Kier alpha value is -2.27. The van der Waals surface area contributed by atoms with Gasteiger partial charge in [0.15, 0.2) is 5.54 Å². The number of amides is 3. The van der Waals surface area contributed by atoms with Crippen molar-refractivity contribution in [2.24, 2.45) is 0 Å². The van der Waals surface area contributed by atoms with Crippen LogP contribution in [0, 0.1) is 0 Å². The van der Waals surface area contributed by atoms with E-state index in [1.165, 1.54) is 6.26 Å². The van der Waals surface area contributed by atoms with Crippen molar-refractivity contribution in [1.82, 2.24) is 10.2 Å². The van der Waals surface area contributed by atoms with E-state index in [-0.39, 0.29) is 12.5 Å². The zero-order valence-corrected chi connectivity index (χ0v) is 12.1. The lowest BCUT2D eigenvalue weighted by Crippen LogP contribution is -2.40. The molecule has 0 spiro atoms. The molecular formula is C15H13ClN2O3. The Morgan fingerprint density at radius 1 is 1.24 bits per heavy atom. The average molecular weight is 305 g/mol. The van der Waals surface area contributed by atoms with Gasteiger partial charge in [-0.25, -0.2) is 4.79 Å². The standard InChI is InChI=1S/C15H13ClN2O3/c1-15(12-7-4-8-21-12)13(19)18(14(20)17-15)9-10-5-2-3-6-11(10)16/h2-8H,9H2,1H3,(H,17,20)/t15-/m0/s1. The minimum atomic E-state index is -1.18. The maximum absolute atomic E-state index is 12.6. The zero-order chi connectivity index (χ0) is 15.0. The van der Waals surface area contributed by atoms with Crippen LogP contribution in [0.15, 0.2) is 47.1 Å². The summed E-state index contributed by atoms with van der Waals surface area (Å²) in [7, 11) is 0. The summed E-state index contributed by atoms with van der Waals surface area (Å²) in [4.78, 5) is 25.9. The summed E-state index contributed by atoms with van der Waals surface area (Å²) in [6, 6.07) is 10.00. The highest BCUT2D eigenvalue weighted by atomic mass is 35.5. The monoisotopic (exact) mass is 304 g/mol. The lowest BCUT2D eigenvalue weighted by molar-refractivity contribution is -0.132. The van der Waals surface area contributed by atoms with Crippen LogP contribution in [0.3, 0.4) is 0 Å². The fourth-order valence-corrected chi connectivity index (χ4v) is 2.56. The van der Waals surface area contributed by atoms with E-state index in [0.29, 0.717) is 16.3 Å². The van der Waals surface area contributed by atoms with Crippen LogP contribution in [0.5, 0.6) is 0 Å². The number of hydrogen-bond donors (Lipinski definition) is 1. The maximum Gasteiger partial charge on any atom is 0.325 e. The normalized spacial score (nSPS) is 21.7. The van der Waals surface area contributed by atoms with Gasteiger partial charge in [-0.1, -0.05) is 29.8 Å². The van der Waals surface area contributed by atoms with Crippen LogP contribution in [0.4, 0.5) is 4.79 Å². The summed E-state index contributed by atoms with van der Waals surface area (Å²) >= 11 is 6.08. The van der Waals surface area contributed by atoms with Gasteiger partial charge in [0.1, 0.15) is 5.76 Å². The molecule has 0 saturated carbocycles. The van der Waals surface area contributed by atoms with Crippen LogP contribution in [0.1, 0.15) is 18.2 Å². The first-order valence-electron chi connectivity index (χ1n) is 6.44. The van der Waals surface area contributed by atoms with Gasteiger partial charge in [0, 0.05) is 5.02 Å². The van der Waals surface area contributed by atoms with E-state index < -0.39 is 11.6 Å². The number of urea groups is 1. The molecule has 6 heteroatoms. The summed E-state index contributed by atoms with van der Waals surface area (Å²) in [5, 5.41) is 3.19. The van der Waals surface area contributed by atoms with Crippen molar-refractivity contribution in [3.05, 3.63) is 59.0 Å². The fourth-order valence-electron chi connectivity index (χ4n) is 2.37. The molecule has 3 amide bonds. The molecule has 1 saturated heterocycles. The summed E-state index contributed by atoms with van der Waals surface area (Å²) < 4.78 is 5.27. The van der Waals surface area contributed by atoms with Gasteiger partial charge in [-0.3, -0.25) is 9.69 Å². The van der Waals surface area contributed by atoms with Crippen LogP contribution in [-0.2, 0) is 16.9 Å². The third-order valence-electron chi connectivity index (χ3n) is 3.58. The molecule has 1 N–H and O–H groups in total. The van der Waals surface area contributed by atoms with Crippen LogP contribution in [-0.4, -0.2) is 16.8 Å². The first-order chi connectivity index (χ1) is 10.0. The van der Waals surface area contributed by atoms with Crippen molar-refractivity contribution in [3.8, 4) is 0 Å². The van der Waals surface area contributed by atoms with Crippen molar-refractivity contribution in [3.63, 3.8) is 0 Å². The third-order valence-corrected chi connectivity index (χ3v) is 3.94. The summed E-state index contributed by atoms with van der Waals surface area (Å²) in [5.41, 5.74) is -0.465. The summed E-state index contributed by atoms with van der Waals surface area (Å²) in [6.45, 7) is 1.75. The predicted molar refractivity (Wildman–Crippen MR) is 76.6 cm³/mol. The molecule has 1 atom stereocenters. The molecule has 21 heavy (non-hydrogen) atoms. The number of nitrogens with zero attached hydrogens (tertiary/aromatic N) is 1. The first-order valence-corrected chi connectivity index (χ1v) is 6.81. The van der Waals surface area contributed by atoms with E-state index in [1.54, 1.807) is 37.3 Å². The Morgan fingerprint density at radius 2 is 2.00 bits per heavy atom. The van der Waals surface area contributed by atoms with Crippen molar-refractivity contribution in [2.45, 2.75) is 19.0 Å². The number of halogens is 1.